The highest BCUT2D eigenvalue weighted by atomic mass is 16.6. The standard InChI is InChI=1S/C24H25NO9/c1-6-30-22(28)18-10-9-17(33-18)16-12-31-19-11-14(7-8-15(19)20(16)26)32-21(27)13(2)25-23(29)34-24(3,4)5/h7-13H,6H2,1-5H3,(H,25,29). The Labute approximate surface area is 194 Å². The molecule has 1 unspecified atom stereocenters. The Hall–Kier alpha value is -4.08. The zero-order chi connectivity index (χ0) is 25.0. The van der Waals surface area contributed by atoms with E-state index in [0.717, 1.165) is 0 Å². The second kappa shape index (κ2) is 9.82. The molecule has 34 heavy (non-hydrogen) atoms. The third-order valence-electron chi connectivity index (χ3n) is 4.40. The number of esters is 2. The summed E-state index contributed by atoms with van der Waals surface area (Å²) in [5.41, 5.74) is -0.825. The van der Waals surface area contributed by atoms with E-state index in [4.69, 9.17) is 23.0 Å². The molecule has 0 saturated heterocycles. The second-order valence-corrected chi connectivity index (χ2v) is 8.31. The van der Waals surface area contributed by atoms with Gasteiger partial charge in [-0.3, -0.25) is 4.79 Å². The van der Waals surface area contributed by atoms with Crippen LogP contribution in [0.2, 0.25) is 0 Å². The smallest absolute Gasteiger partial charge is 0.408 e. The number of fused-ring (bicyclic) bond motifs is 1. The zero-order valence-corrected chi connectivity index (χ0v) is 19.4. The van der Waals surface area contributed by atoms with Crippen LogP contribution in [-0.4, -0.2) is 36.3 Å². The Bertz CT molecular complexity index is 1280. The molecule has 0 fully saturated rings. The first-order chi connectivity index (χ1) is 16.0. The zero-order valence-electron chi connectivity index (χ0n) is 19.4. The molecule has 0 aliphatic rings. The molecule has 10 nitrogen and oxygen atoms in total. The summed E-state index contributed by atoms with van der Waals surface area (Å²) in [6, 6.07) is 6.14. The lowest BCUT2D eigenvalue weighted by Crippen LogP contribution is -2.43. The van der Waals surface area contributed by atoms with Crippen LogP contribution in [0.1, 0.15) is 45.2 Å². The second-order valence-electron chi connectivity index (χ2n) is 8.31. The highest BCUT2D eigenvalue weighted by Crippen LogP contribution is 2.25. The number of carbonyl (C=O) groups is 3. The van der Waals surface area contributed by atoms with Crippen molar-refractivity contribution in [3.05, 3.63) is 52.6 Å². The summed E-state index contributed by atoms with van der Waals surface area (Å²) in [5, 5.41) is 2.61. The average Bonchev–Trinajstić information content (AvgIpc) is 3.22. The summed E-state index contributed by atoms with van der Waals surface area (Å²) in [6.45, 7) is 8.42. The first-order valence-electron chi connectivity index (χ1n) is 10.5. The van der Waals surface area contributed by atoms with Gasteiger partial charge in [-0.05, 0) is 58.9 Å². The minimum Gasteiger partial charge on any atom is -0.463 e. The summed E-state index contributed by atoms with van der Waals surface area (Å²) in [4.78, 5) is 48.9. The van der Waals surface area contributed by atoms with Gasteiger partial charge in [0.1, 0.15) is 40.6 Å². The maximum Gasteiger partial charge on any atom is 0.408 e. The number of nitrogens with one attached hydrogen (secondary N) is 1. The molecule has 0 saturated carbocycles. The lowest BCUT2D eigenvalue weighted by atomic mass is 10.1. The minimum absolute atomic E-state index is 0.0345. The Kier molecular flexibility index (Phi) is 7.09. The van der Waals surface area contributed by atoms with Crippen molar-refractivity contribution in [2.45, 2.75) is 46.3 Å². The van der Waals surface area contributed by atoms with E-state index >= 15 is 0 Å². The highest BCUT2D eigenvalue weighted by molar-refractivity contribution is 5.88. The molecule has 2 aromatic heterocycles. The Balaban J connectivity index is 1.76. The topological polar surface area (TPSA) is 134 Å². The number of benzene rings is 1. The predicted molar refractivity (Wildman–Crippen MR) is 121 cm³/mol. The number of alkyl carbamates (subject to hydrolysis) is 1. The summed E-state index contributed by atoms with van der Waals surface area (Å²) in [5.74, 6) is -1.13. The first kappa shape index (κ1) is 24.6. The van der Waals surface area contributed by atoms with Crippen LogP contribution in [0.15, 0.2) is 50.2 Å². The van der Waals surface area contributed by atoms with Crippen LogP contribution in [0.3, 0.4) is 0 Å². The van der Waals surface area contributed by atoms with Gasteiger partial charge < -0.3 is 28.4 Å². The quantitative estimate of drug-likeness (QED) is 0.417. The number of rotatable bonds is 6. The van der Waals surface area contributed by atoms with Gasteiger partial charge in [-0.1, -0.05) is 0 Å². The van der Waals surface area contributed by atoms with E-state index in [1.54, 1.807) is 27.7 Å². The number of hydrogen-bond acceptors (Lipinski definition) is 9. The van der Waals surface area contributed by atoms with E-state index in [1.165, 1.54) is 43.5 Å². The molecule has 0 aliphatic heterocycles. The van der Waals surface area contributed by atoms with Crippen LogP contribution in [0.4, 0.5) is 4.79 Å². The van der Waals surface area contributed by atoms with Gasteiger partial charge in [-0.2, -0.15) is 0 Å². The van der Waals surface area contributed by atoms with Crippen LogP contribution in [0.5, 0.6) is 5.75 Å². The van der Waals surface area contributed by atoms with Crippen LogP contribution in [-0.2, 0) is 14.3 Å². The first-order valence-corrected chi connectivity index (χ1v) is 10.5. The molecule has 2 heterocycles. The summed E-state index contributed by atoms with van der Waals surface area (Å²) < 4.78 is 26.2. The van der Waals surface area contributed by atoms with E-state index in [-0.39, 0.29) is 40.4 Å². The number of ether oxygens (including phenoxy) is 3. The molecule has 1 N–H and O–H groups in total. The molecule has 0 bridgehead atoms. The van der Waals surface area contributed by atoms with E-state index in [2.05, 4.69) is 5.32 Å². The molecule has 1 atom stereocenters. The van der Waals surface area contributed by atoms with Crippen molar-refractivity contribution in [2.75, 3.05) is 6.61 Å². The molecule has 0 spiro atoms. The maximum absolute atomic E-state index is 12.9. The molecule has 1 amide bonds. The third kappa shape index (κ3) is 5.83. The Morgan fingerprint density at radius 3 is 2.53 bits per heavy atom. The predicted octanol–water partition coefficient (Wildman–Crippen LogP) is 4.05. The molecule has 0 aliphatic carbocycles. The van der Waals surface area contributed by atoms with Gasteiger partial charge in [-0.15, -0.1) is 0 Å². The van der Waals surface area contributed by atoms with Crippen molar-refractivity contribution in [1.82, 2.24) is 5.32 Å². The molecular weight excluding hydrogens is 446 g/mol. The molecule has 3 rings (SSSR count). The van der Waals surface area contributed by atoms with Crippen molar-refractivity contribution >= 4 is 29.0 Å². The third-order valence-corrected chi connectivity index (χ3v) is 4.40. The van der Waals surface area contributed by atoms with Crippen molar-refractivity contribution in [3.63, 3.8) is 0 Å². The molecule has 0 radical (unpaired) electrons. The fourth-order valence-corrected chi connectivity index (χ4v) is 2.88. The average molecular weight is 471 g/mol. The summed E-state index contributed by atoms with van der Waals surface area (Å²) in [7, 11) is 0. The summed E-state index contributed by atoms with van der Waals surface area (Å²) >= 11 is 0. The molecule has 180 valence electrons. The van der Waals surface area contributed by atoms with Crippen LogP contribution >= 0.6 is 0 Å². The number of carbonyl (C=O) groups excluding carboxylic acids is 3. The normalized spacial score (nSPS) is 12.1. The SMILES string of the molecule is CCOC(=O)c1ccc(-c2coc3cc(OC(=O)C(C)NC(=O)OC(C)(C)C)ccc3c2=O)o1. The van der Waals surface area contributed by atoms with E-state index < -0.39 is 35.1 Å². The van der Waals surface area contributed by atoms with Gasteiger partial charge in [0.2, 0.25) is 11.2 Å². The van der Waals surface area contributed by atoms with E-state index in [0.29, 0.717) is 0 Å². The lowest BCUT2D eigenvalue weighted by molar-refractivity contribution is -0.136. The van der Waals surface area contributed by atoms with Gasteiger partial charge >= 0.3 is 18.0 Å². The Morgan fingerprint density at radius 2 is 1.85 bits per heavy atom. The largest absolute Gasteiger partial charge is 0.463 e. The van der Waals surface area contributed by atoms with E-state index in [1.807, 2.05) is 0 Å². The van der Waals surface area contributed by atoms with Gasteiger partial charge in [0, 0.05) is 6.07 Å². The summed E-state index contributed by atoms with van der Waals surface area (Å²) in [6.07, 6.45) is 0.439. The fourth-order valence-electron chi connectivity index (χ4n) is 2.88. The maximum atomic E-state index is 12.9. The van der Waals surface area contributed by atoms with Gasteiger partial charge in [0.15, 0.2) is 0 Å². The van der Waals surface area contributed by atoms with Crippen LogP contribution < -0.4 is 15.5 Å². The van der Waals surface area contributed by atoms with Crippen molar-refractivity contribution in [1.29, 1.82) is 0 Å². The van der Waals surface area contributed by atoms with Crippen molar-refractivity contribution in [2.24, 2.45) is 0 Å². The van der Waals surface area contributed by atoms with Crippen LogP contribution in [0, 0.1) is 0 Å². The fraction of sp³-hybridized carbons (Fsp3) is 0.333. The van der Waals surface area contributed by atoms with Gasteiger partial charge in [0.25, 0.3) is 0 Å². The van der Waals surface area contributed by atoms with E-state index in [9.17, 15) is 19.2 Å². The van der Waals surface area contributed by atoms with Gasteiger partial charge in [-0.25, -0.2) is 14.4 Å². The van der Waals surface area contributed by atoms with Crippen LogP contribution in [0.25, 0.3) is 22.3 Å². The van der Waals surface area contributed by atoms with Gasteiger partial charge in [0.05, 0.1) is 12.0 Å². The number of hydrogen-bond donors (Lipinski definition) is 1. The molecule has 10 heteroatoms. The Morgan fingerprint density at radius 1 is 1.12 bits per heavy atom. The minimum atomic E-state index is -0.979. The monoisotopic (exact) mass is 471 g/mol. The van der Waals surface area contributed by atoms with Crippen molar-refractivity contribution in [3.8, 4) is 17.1 Å². The van der Waals surface area contributed by atoms with Crippen molar-refractivity contribution < 1.29 is 37.4 Å². The lowest BCUT2D eigenvalue weighted by Gasteiger charge is -2.21. The highest BCUT2D eigenvalue weighted by Gasteiger charge is 2.23. The number of amides is 1. The number of furan rings is 1. The molecular formula is C24H25NO9. The molecule has 1 aromatic carbocycles. The molecule has 3 aromatic rings.